The lowest BCUT2D eigenvalue weighted by atomic mass is 10.1. The van der Waals surface area contributed by atoms with Gasteiger partial charge in [-0.25, -0.2) is 14.4 Å². The zero-order chi connectivity index (χ0) is 12.3. The summed E-state index contributed by atoms with van der Waals surface area (Å²) in [4.78, 5) is 7.82. The lowest BCUT2D eigenvalue weighted by Crippen LogP contribution is -2.05. The van der Waals surface area contributed by atoms with Crippen molar-refractivity contribution in [3.05, 3.63) is 53.9 Å². The fraction of sp³-hybridized carbons (Fsp3) is 0.167. The molecule has 1 aromatic heterocycles. The van der Waals surface area contributed by atoms with Crippen molar-refractivity contribution in [1.82, 2.24) is 9.97 Å². The maximum atomic E-state index is 13.4. The number of hydrogen-bond donors (Lipinski definition) is 1. The Bertz CT molecular complexity index is 505. The third-order valence-corrected chi connectivity index (χ3v) is 2.32. The van der Waals surface area contributed by atoms with Gasteiger partial charge in [0.15, 0.2) is 17.4 Å². The largest absolute Gasteiger partial charge is 0.494 e. The molecule has 17 heavy (non-hydrogen) atoms. The van der Waals surface area contributed by atoms with Crippen molar-refractivity contribution in [1.29, 1.82) is 0 Å². The summed E-state index contributed by atoms with van der Waals surface area (Å²) in [5.41, 5.74) is 0.384. The van der Waals surface area contributed by atoms with Crippen LogP contribution in [0.3, 0.4) is 0 Å². The second-order valence-electron chi connectivity index (χ2n) is 3.40. The fourth-order valence-electron chi connectivity index (χ4n) is 1.45. The van der Waals surface area contributed by atoms with Gasteiger partial charge >= 0.3 is 0 Å². The van der Waals surface area contributed by atoms with Gasteiger partial charge in [0, 0.05) is 12.4 Å². The van der Waals surface area contributed by atoms with Gasteiger partial charge in [-0.05, 0) is 23.8 Å². The molecule has 1 unspecified atom stereocenters. The molecule has 4 nitrogen and oxygen atoms in total. The van der Waals surface area contributed by atoms with E-state index in [2.05, 4.69) is 9.97 Å². The van der Waals surface area contributed by atoms with Crippen molar-refractivity contribution in [2.24, 2.45) is 0 Å². The van der Waals surface area contributed by atoms with E-state index < -0.39 is 11.9 Å². The molecule has 2 rings (SSSR count). The van der Waals surface area contributed by atoms with Crippen LogP contribution < -0.4 is 4.74 Å². The molecule has 0 amide bonds. The first kappa shape index (κ1) is 11.5. The molecule has 0 aliphatic carbocycles. The zero-order valence-electron chi connectivity index (χ0n) is 9.17. The van der Waals surface area contributed by atoms with Crippen molar-refractivity contribution in [2.75, 3.05) is 7.11 Å². The van der Waals surface area contributed by atoms with Crippen LogP contribution in [0.1, 0.15) is 17.5 Å². The smallest absolute Gasteiger partial charge is 0.165 e. The Morgan fingerprint density at radius 3 is 2.59 bits per heavy atom. The molecular weight excluding hydrogens is 223 g/mol. The Morgan fingerprint density at radius 2 is 2.00 bits per heavy atom. The minimum atomic E-state index is -1.04. The van der Waals surface area contributed by atoms with E-state index in [1.54, 1.807) is 12.1 Å². The Kier molecular flexibility index (Phi) is 3.30. The summed E-state index contributed by atoms with van der Waals surface area (Å²) < 4.78 is 18.2. The molecule has 0 aliphatic rings. The highest BCUT2D eigenvalue weighted by Gasteiger charge is 2.15. The molecule has 0 fully saturated rings. The molecule has 88 valence electrons. The summed E-state index contributed by atoms with van der Waals surface area (Å²) in [5, 5.41) is 9.95. The third kappa shape index (κ3) is 2.39. The second kappa shape index (κ2) is 4.88. The van der Waals surface area contributed by atoms with E-state index in [4.69, 9.17) is 4.74 Å². The van der Waals surface area contributed by atoms with Gasteiger partial charge in [-0.15, -0.1) is 0 Å². The number of aliphatic hydroxyl groups excluding tert-OH is 1. The van der Waals surface area contributed by atoms with Gasteiger partial charge in [0.25, 0.3) is 0 Å². The summed E-state index contributed by atoms with van der Waals surface area (Å²) in [5.74, 6) is -0.160. The molecule has 0 bridgehead atoms. The number of aliphatic hydroxyl groups is 1. The maximum absolute atomic E-state index is 13.4. The van der Waals surface area contributed by atoms with Crippen LogP contribution in [-0.2, 0) is 0 Å². The van der Waals surface area contributed by atoms with Crippen LogP contribution in [-0.4, -0.2) is 22.2 Å². The van der Waals surface area contributed by atoms with Crippen LogP contribution in [0, 0.1) is 5.82 Å². The molecular formula is C12H11FN2O2. The quantitative estimate of drug-likeness (QED) is 0.878. The lowest BCUT2D eigenvalue weighted by Gasteiger charge is -2.10. The van der Waals surface area contributed by atoms with Crippen LogP contribution in [0.2, 0.25) is 0 Å². The molecule has 1 aromatic carbocycles. The number of hydrogen-bond acceptors (Lipinski definition) is 4. The highest BCUT2D eigenvalue weighted by molar-refractivity contribution is 5.32. The zero-order valence-corrected chi connectivity index (χ0v) is 9.17. The Balaban J connectivity index is 2.32. The van der Waals surface area contributed by atoms with Crippen LogP contribution in [0.25, 0.3) is 0 Å². The number of methoxy groups -OCH3 is 1. The first-order chi connectivity index (χ1) is 8.22. The second-order valence-corrected chi connectivity index (χ2v) is 3.40. The van der Waals surface area contributed by atoms with Gasteiger partial charge < -0.3 is 9.84 Å². The van der Waals surface area contributed by atoms with Crippen LogP contribution in [0.15, 0.2) is 36.7 Å². The monoisotopic (exact) mass is 234 g/mol. The highest BCUT2D eigenvalue weighted by Crippen LogP contribution is 2.24. The van der Waals surface area contributed by atoms with Gasteiger partial charge in [0.1, 0.15) is 6.10 Å². The molecule has 1 atom stereocenters. The molecule has 0 saturated heterocycles. The van der Waals surface area contributed by atoms with Gasteiger partial charge in [-0.1, -0.05) is 6.07 Å². The first-order valence-corrected chi connectivity index (χ1v) is 5.01. The molecule has 0 aliphatic heterocycles. The minimum absolute atomic E-state index is 0.134. The number of ether oxygens (including phenoxy) is 1. The van der Waals surface area contributed by atoms with E-state index in [0.29, 0.717) is 5.56 Å². The molecule has 1 heterocycles. The van der Waals surface area contributed by atoms with E-state index in [-0.39, 0.29) is 11.6 Å². The molecule has 2 aromatic rings. The topological polar surface area (TPSA) is 55.2 Å². The molecule has 0 radical (unpaired) electrons. The average Bonchev–Trinajstić information content (AvgIpc) is 2.39. The van der Waals surface area contributed by atoms with Crippen LogP contribution >= 0.6 is 0 Å². The SMILES string of the molecule is COc1ccc(C(O)c2ncccn2)cc1F. The predicted molar refractivity (Wildman–Crippen MR) is 59.0 cm³/mol. The highest BCUT2D eigenvalue weighted by atomic mass is 19.1. The summed E-state index contributed by atoms with van der Waals surface area (Å²) in [6, 6.07) is 5.88. The maximum Gasteiger partial charge on any atom is 0.165 e. The van der Waals surface area contributed by atoms with E-state index in [1.165, 1.54) is 31.6 Å². The standard InChI is InChI=1S/C12H11FN2O2/c1-17-10-4-3-8(7-9(10)13)11(16)12-14-5-2-6-15-12/h2-7,11,16H,1H3. The minimum Gasteiger partial charge on any atom is -0.494 e. The third-order valence-electron chi connectivity index (χ3n) is 2.32. The summed E-state index contributed by atoms with van der Waals surface area (Å²) in [6.07, 6.45) is 1.99. The van der Waals surface area contributed by atoms with E-state index in [9.17, 15) is 9.50 Å². The first-order valence-electron chi connectivity index (χ1n) is 5.01. The number of aromatic nitrogens is 2. The summed E-state index contributed by atoms with van der Waals surface area (Å²) >= 11 is 0. The van der Waals surface area contributed by atoms with Crippen molar-refractivity contribution in [3.8, 4) is 5.75 Å². The van der Waals surface area contributed by atoms with Crippen molar-refractivity contribution < 1.29 is 14.2 Å². The normalized spacial score (nSPS) is 12.2. The van der Waals surface area contributed by atoms with E-state index >= 15 is 0 Å². The van der Waals surface area contributed by atoms with Crippen molar-refractivity contribution in [2.45, 2.75) is 6.10 Å². The summed E-state index contributed by atoms with van der Waals surface area (Å²) in [7, 11) is 1.38. The Labute approximate surface area is 97.7 Å². The van der Waals surface area contributed by atoms with E-state index in [1.807, 2.05) is 0 Å². The average molecular weight is 234 g/mol. The molecule has 5 heteroatoms. The lowest BCUT2D eigenvalue weighted by molar-refractivity contribution is 0.209. The van der Waals surface area contributed by atoms with Crippen LogP contribution in [0.4, 0.5) is 4.39 Å². The van der Waals surface area contributed by atoms with E-state index in [0.717, 1.165) is 0 Å². The van der Waals surface area contributed by atoms with Gasteiger partial charge in [-0.3, -0.25) is 0 Å². The van der Waals surface area contributed by atoms with Crippen molar-refractivity contribution in [3.63, 3.8) is 0 Å². The number of rotatable bonds is 3. The van der Waals surface area contributed by atoms with Gasteiger partial charge in [0.2, 0.25) is 0 Å². The molecule has 0 saturated carbocycles. The predicted octanol–water partition coefficient (Wildman–Crippen LogP) is 1.71. The Hall–Kier alpha value is -2.01. The molecule has 0 spiro atoms. The van der Waals surface area contributed by atoms with Gasteiger partial charge in [-0.2, -0.15) is 0 Å². The molecule has 1 N–H and O–H groups in total. The Morgan fingerprint density at radius 1 is 1.29 bits per heavy atom. The van der Waals surface area contributed by atoms with Gasteiger partial charge in [0.05, 0.1) is 7.11 Å². The number of benzene rings is 1. The number of nitrogens with zero attached hydrogens (tertiary/aromatic N) is 2. The summed E-state index contributed by atoms with van der Waals surface area (Å²) in [6.45, 7) is 0. The fourth-order valence-corrected chi connectivity index (χ4v) is 1.45. The van der Waals surface area contributed by atoms with Crippen LogP contribution in [0.5, 0.6) is 5.75 Å². The number of halogens is 1. The van der Waals surface area contributed by atoms with Crippen molar-refractivity contribution >= 4 is 0 Å².